The lowest BCUT2D eigenvalue weighted by Gasteiger charge is -2.09. The molecule has 1 amide bonds. The van der Waals surface area contributed by atoms with Gasteiger partial charge in [-0.25, -0.2) is 13.2 Å². The predicted molar refractivity (Wildman–Crippen MR) is 78.4 cm³/mol. The molecule has 1 N–H and O–H groups in total. The van der Waals surface area contributed by atoms with Gasteiger partial charge in [0.05, 0.1) is 11.3 Å². The predicted octanol–water partition coefficient (Wildman–Crippen LogP) is 4.61. The number of amides is 1. The highest BCUT2D eigenvalue weighted by molar-refractivity contribution is 14.1. The maximum Gasteiger partial charge on any atom is 0.256 e. The van der Waals surface area contributed by atoms with E-state index < -0.39 is 29.0 Å². The summed E-state index contributed by atoms with van der Waals surface area (Å²) in [6, 6.07) is 5.66. The molecule has 2 aromatic carbocycles. The van der Waals surface area contributed by atoms with E-state index in [1.54, 1.807) is 12.1 Å². The molecule has 0 unspecified atom stereocenters. The normalized spacial score (nSPS) is 10.4. The van der Waals surface area contributed by atoms with Crippen molar-refractivity contribution in [1.29, 1.82) is 0 Å². The maximum atomic E-state index is 13.5. The van der Waals surface area contributed by atoms with Crippen molar-refractivity contribution in [3.8, 4) is 0 Å². The van der Waals surface area contributed by atoms with E-state index in [9.17, 15) is 18.0 Å². The average Bonchev–Trinajstić information content (AvgIpc) is 2.38. The van der Waals surface area contributed by atoms with Crippen LogP contribution in [0.4, 0.5) is 18.9 Å². The van der Waals surface area contributed by atoms with Gasteiger partial charge in [0.15, 0.2) is 11.6 Å². The van der Waals surface area contributed by atoms with Gasteiger partial charge in [-0.2, -0.15) is 0 Å². The molecular formula is C13H6ClF3INO. The number of benzene rings is 2. The highest BCUT2D eigenvalue weighted by atomic mass is 127. The molecule has 0 aliphatic rings. The van der Waals surface area contributed by atoms with Gasteiger partial charge in [0.1, 0.15) is 5.82 Å². The number of carbonyl (C=O) groups is 1. The second-order valence-corrected chi connectivity index (χ2v) is 5.43. The Morgan fingerprint density at radius 2 is 1.85 bits per heavy atom. The van der Waals surface area contributed by atoms with Gasteiger partial charge in [-0.1, -0.05) is 11.6 Å². The first-order chi connectivity index (χ1) is 9.38. The zero-order valence-electron chi connectivity index (χ0n) is 9.68. The van der Waals surface area contributed by atoms with Crippen molar-refractivity contribution in [3.05, 3.63) is 61.9 Å². The Kier molecular flexibility index (Phi) is 4.54. The monoisotopic (exact) mass is 411 g/mol. The summed E-state index contributed by atoms with van der Waals surface area (Å²) < 4.78 is 40.1. The highest BCUT2D eigenvalue weighted by Crippen LogP contribution is 2.22. The number of rotatable bonds is 2. The summed E-state index contributed by atoms with van der Waals surface area (Å²) in [4.78, 5) is 12.0. The fourth-order valence-electron chi connectivity index (χ4n) is 1.51. The van der Waals surface area contributed by atoms with Gasteiger partial charge in [0, 0.05) is 20.7 Å². The summed E-state index contributed by atoms with van der Waals surface area (Å²) in [5.41, 5.74) is -0.384. The zero-order chi connectivity index (χ0) is 14.9. The molecule has 0 spiro atoms. The number of halogens is 5. The molecule has 0 saturated carbocycles. The third kappa shape index (κ3) is 3.24. The summed E-state index contributed by atoms with van der Waals surface area (Å²) in [6.45, 7) is 0. The summed E-state index contributed by atoms with van der Waals surface area (Å²) >= 11 is 7.66. The lowest BCUT2D eigenvalue weighted by molar-refractivity contribution is 0.102. The minimum absolute atomic E-state index is 0.183. The second-order valence-electron chi connectivity index (χ2n) is 3.83. The summed E-state index contributed by atoms with van der Waals surface area (Å²) in [6.07, 6.45) is 0. The van der Waals surface area contributed by atoms with Crippen molar-refractivity contribution in [2.45, 2.75) is 0 Å². The topological polar surface area (TPSA) is 29.1 Å². The second kappa shape index (κ2) is 6.01. The van der Waals surface area contributed by atoms with Gasteiger partial charge in [-0.05, 0) is 40.8 Å². The van der Waals surface area contributed by atoms with Crippen LogP contribution in [0.1, 0.15) is 10.4 Å². The van der Waals surface area contributed by atoms with E-state index in [4.69, 9.17) is 11.6 Å². The van der Waals surface area contributed by atoms with Gasteiger partial charge in [-0.15, -0.1) is 0 Å². The van der Waals surface area contributed by atoms with Gasteiger partial charge in [-0.3, -0.25) is 4.79 Å². The van der Waals surface area contributed by atoms with Crippen LogP contribution in [0.15, 0.2) is 30.3 Å². The first-order valence-electron chi connectivity index (χ1n) is 5.29. The van der Waals surface area contributed by atoms with Crippen LogP contribution in [0.5, 0.6) is 0 Å². The van der Waals surface area contributed by atoms with E-state index in [1.165, 1.54) is 6.07 Å². The Morgan fingerprint density at radius 3 is 2.55 bits per heavy atom. The lowest BCUT2D eigenvalue weighted by Crippen LogP contribution is -2.15. The van der Waals surface area contributed by atoms with Crippen LogP contribution in [0.25, 0.3) is 0 Å². The molecule has 0 heterocycles. The largest absolute Gasteiger partial charge is 0.319 e. The van der Waals surface area contributed by atoms with E-state index >= 15 is 0 Å². The van der Waals surface area contributed by atoms with Crippen molar-refractivity contribution < 1.29 is 18.0 Å². The standard InChI is InChI=1S/C13H6ClF3INO/c14-6-1-2-10(18)8(3-6)13(20)19-11-5-7(15)4-9(16)12(11)17/h1-5H,(H,19,20). The van der Waals surface area contributed by atoms with Gasteiger partial charge in [0.25, 0.3) is 5.91 Å². The number of carbonyl (C=O) groups excluding carboxylic acids is 1. The molecule has 20 heavy (non-hydrogen) atoms. The molecule has 0 atom stereocenters. The Balaban J connectivity index is 2.35. The van der Waals surface area contributed by atoms with Gasteiger partial charge >= 0.3 is 0 Å². The molecule has 7 heteroatoms. The van der Waals surface area contributed by atoms with Crippen LogP contribution in [-0.2, 0) is 0 Å². The third-order valence-corrected chi connectivity index (χ3v) is 3.59. The van der Waals surface area contributed by atoms with Crippen molar-refractivity contribution in [3.63, 3.8) is 0 Å². The summed E-state index contributed by atoms with van der Waals surface area (Å²) in [7, 11) is 0. The van der Waals surface area contributed by atoms with E-state index in [0.717, 1.165) is 0 Å². The lowest BCUT2D eigenvalue weighted by atomic mass is 10.2. The fourth-order valence-corrected chi connectivity index (χ4v) is 2.26. The number of hydrogen-bond donors (Lipinski definition) is 1. The van der Waals surface area contributed by atoms with Gasteiger partial charge < -0.3 is 5.32 Å². The van der Waals surface area contributed by atoms with Crippen LogP contribution < -0.4 is 5.32 Å². The van der Waals surface area contributed by atoms with E-state index in [-0.39, 0.29) is 5.56 Å². The summed E-state index contributed by atoms with van der Waals surface area (Å²) in [5.74, 6) is -4.39. The first kappa shape index (κ1) is 15.1. The molecule has 0 aliphatic carbocycles. The van der Waals surface area contributed by atoms with Crippen LogP contribution in [0.2, 0.25) is 5.02 Å². The van der Waals surface area contributed by atoms with E-state index in [1.807, 2.05) is 22.6 Å². The molecule has 0 bridgehead atoms. The molecular weight excluding hydrogens is 406 g/mol. The number of anilines is 1. The molecule has 2 aromatic rings. The smallest absolute Gasteiger partial charge is 0.256 e. The minimum atomic E-state index is -1.37. The number of nitrogens with one attached hydrogen (secondary N) is 1. The molecule has 2 nitrogen and oxygen atoms in total. The van der Waals surface area contributed by atoms with Gasteiger partial charge in [0.2, 0.25) is 0 Å². The Bertz CT molecular complexity index is 694. The molecule has 0 radical (unpaired) electrons. The number of hydrogen-bond acceptors (Lipinski definition) is 1. The maximum absolute atomic E-state index is 13.5. The van der Waals surface area contributed by atoms with Crippen LogP contribution in [0.3, 0.4) is 0 Å². The first-order valence-corrected chi connectivity index (χ1v) is 6.75. The van der Waals surface area contributed by atoms with Crippen molar-refractivity contribution in [2.75, 3.05) is 5.32 Å². The average molecular weight is 412 g/mol. The van der Waals surface area contributed by atoms with Crippen molar-refractivity contribution in [1.82, 2.24) is 0 Å². The zero-order valence-corrected chi connectivity index (χ0v) is 12.6. The van der Waals surface area contributed by atoms with Crippen LogP contribution in [-0.4, -0.2) is 5.91 Å². The van der Waals surface area contributed by atoms with Crippen molar-refractivity contribution in [2.24, 2.45) is 0 Å². The van der Waals surface area contributed by atoms with Crippen molar-refractivity contribution >= 4 is 45.8 Å². The fraction of sp³-hybridized carbons (Fsp3) is 0. The highest BCUT2D eigenvalue weighted by Gasteiger charge is 2.16. The Labute approximate surface area is 131 Å². The molecule has 2 rings (SSSR count). The molecule has 0 saturated heterocycles. The SMILES string of the molecule is O=C(Nc1cc(F)cc(F)c1F)c1cc(Cl)ccc1I. The van der Waals surface area contributed by atoms with Crippen LogP contribution in [0, 0.1) is 21.0 Å². The molecule has 0 aromatic heterocycles. The Hall–Kier alpha value is -1.28. The molecule has 0 aliphatic heterocycles. The Morgan fingerprint density at radius 1 is 1.15 bits per heavy atom. The molecule has 104 valence electrons. The van der Waals surface area contributed by atoms with E-state index in [2.05, 4.69) is 5.32 Å². The molecule has 0 fully saturated rings. The third-order valence-electron chi connectivity index (χ3n) is 2.41. The minimum Gasteiger partial charge on any atom is -0.319 e. The van der Waals surface area contributed by atoms with E-state index in [0.29, 0.717) is 20.7 Å². The van der Waals surface area contributed by atoms with Crippen LogP contribution >= 0.6 is 34.2 Å². The summed E-state index contributed by atoms with van der Waals surface area (Å²) in [5, 5.41) is 2.44. The quantitative estimate of drug-likeness (QED) is 0.567.